The standard InChI is InChI=1S/C22H31N5O3/c1-15-19(18(28)10-13-25(5)6)20-23-11-9-17(27(20)24-15)16-8-7-12-26(14-16)21(29)30-22(2,3)4/h9-11,13,16H,7-8,12,14H2,1-6H3/b13-10+. The molecule has 3 rings (SSSR count). The van der Waals surface area contributed by atoms with Crippen LogP contribution in [0.3, 0.4) is 0 Å². The number of fused-ring (bicyclic) bond motifs is 1. The lowest BCUT2D eigenvalue weighted by atomic mass is 9.94. The van der Waals surface area contributed by atoms with Crippen molar-refractivity contribution in [3.05, 3.63) is 41.5 Å². The van der Waals surface area contributed by atoms with E-state index in [9.17, 15) is 9.59 Å². The fraction of sp³-hybridized carbons (Fsp3) is 0.545. The first-order chi connectivity index (χ1) is 14.1. The van der Waals surface area contributed by atoms with Gasteiger partial charge in [0, 0.05) is 51.6 Å². The molecular weight excluding hydrogens is 382 g/mol. The predicted molar refractivity (Wildman–Crippen MR) is 115 cm³/mol. The second-order valence-electron chi connectivity index (χ2n) is 8.97. The molecule has 1 atom stereocenters. The number of allylic oxidation sites excluding steroid dienone is 1. The van der Waals surface area contributed by atoms with Gasteiger partial charge in [-0.1, -0.05) is 0 Å². The van der Waals surface area contributed by atoms with E-state index in [-0.39, 0.29) is 17.8 Å². The number of carbonyl (C=O) groups is 2. The number of rotatable bonds is 4. The van der Waals surface area contributed by atoms with E-state index >= 15 is 0 Å². The molecule has 1 aliphatic heterocycles. The number of carbonyl (C=O) groups excluding carboxylic acids is 2. The Bertz CT molecular complexity index is 971. The molecule has 2 aromatic heterocycles. The van der Waals surface area contributed by atoms with Crippen LogP contribution in [-0.2, 0) is 4.74 Å². The Kier molecular flexibility index (Phi) is 6.14. The summed E-state index contributed by atoms with van der Waals surface area (Å²) < 4.78 is 7.30. The lowest BCUT2D eigenvalue weighted by Crippen LogP contribution is -2.42. The normalized spacial score (nSPS) is 17.5. The van der Waals surface area contributed by atoms with E-state index in [1.807, 2.05) is 52.8 Å². The highest BCUT2D eigenvalue weighted by Crippen LogP contribution is 2.29. The molecule has 1 amide bonds. The number of ether oxygens (including phenoxy) is 1. The van der Waals surface area contributed by atoms with E-state index in [1.54, 1.807) is 21.8 Å². The van der Waals surface area contributed by atoms with Crippen LogP contribution in [0.5, 0.6) is 0 Å². The highest BCUT2D eigenvalue weighted by molar-refractivity contribution is 6.09. The number of hydrogen-bond donors (Lipinski definition) is 0. The molecule has 0 aliphatic carbocycles. The molecule has 30 heavy (non-hydrogen) atoms. The summed E-state index contributed by atoms with van der Waals surface area (Å²) in [7, 11) is 3.73. The number of likely N-dealkylation sites (tertiary alicyclic amines) is 1. The van der Waals surface area contributed by atoms with Crippen molar-refractivity contribution in [1.29, 1.82) is 0 Å². The molecular formula is C22H31N5O3. The smallest absolute Gasteiger partial charge is 0.410 e. The maximum Gasteiger partial charge on any atom is 0.410 e. The van der Waals surface area contributed by atoms with Crippen molar-refractivity contribution in [1.82, 2.24) is 24.4 Å². The maximum absolute atomic E-state index is 12.7. The lowest BCUT2D eigenvalue weighted by molar-refractivity contribution is 0.0196. The van der Waals surface area contributed by atoms with E-state index in [0.717, 1.165) is 18.5 Å². The first-order valence-electron chi connectivity index (χ1n) is 10.3. The third kappa shape index (κ3) is 4.80. The van der Waals surface area contributed by atoms with Crippen LogP contribution in [0.15, 0.2) is 24.5 Å². The topological polar surface area (TPSA) is 80.0 Å². The van der Waals surface area contributed by atoms with Crippen molar-refractivity contribution in [2.75, 3.05) is 27.2 Å². The zero-order valence-corrected chi connectivity index (χ0v) is 18.7. The van der Waals surface area contributed by atoms with E-state index in [1.165, 1.54) is 6.08 Å². The minimum Gasteiger partial charge on any atom is -0.444 e. The molecule has 8 nitrogen and oxygen atoms in total. The van der Waals surface area contributed by atoms with Gasteiger partial charge in [0.15, 0.2) is 11.4 Å². The number of amides is 1. The van der Waals surface area contributed by atoms with Crippen molar-refractivity contribution in [2.45, 2.75) is 52.1 Å². The molecule has 1 fully saturated rings. The van der Waals surface area contributed by atoms with Gasteiger partial charge in [0.05, 0.1) is 17.0 Å². The number of aryl methyl sites for hydroxylation is 1. The largest absolute Gasteiger partial charge is 0.444 e. The zero-order chi connectivity index (χ0) is 22.1. The summed E-state index contributed by atoms with van der Waals surface area (Å²) >= 11 is 0. The first kappa shape index (κ1) is 21.8. The van der Waals surface area contributed by atoms with Crippen LogP contribution < -0.4 is 0 Å². The number of aromatic nitrogens is 3. The van der Waals surface area contributed by atoms with Gasteiger partial charge in [0.25, 0.3) is 0 Å². The van der Waals surface area contributed by atoms with Gasteiger partial charge in [-0.2, -0.15) is 5.10 Å². The van der Waals surface area contributed by atoms with Gasteiger partial charge in [-0.25, -0.2) is 14.3 Å². The van der Waals surface area contributed by atoms with Gasteiger partial charge < -0.3 is 14.5 Å². The molecule has 0 aromatic carbocycles. The Balaban J connectivity index is 1.90. The van der Waals surface area contributed by atoms with Crippen LogP contribution in [0.4, 0.5) is 4.79 Å². The Morgan fingerprint density at radius 3 is 2.70 bits per heavy atom. The van der Waals surface area contributed by atoms with Crippen LogP contribution >= 0.6 is 0 Å². The Morgan fingerprint density at radius 2 is 2.03 bits per heavy atom. The summed E-state index contributed by atoms with van der Waals surface area (Å²) in [6, 6.07) is 1.92. The zero-order valence-electron chi connectivity index (χ0n) is 18.7. The van der Waals surface area contributed by atoms with Gasteiger partial charge in [0.2, 0.25) is 0 Å². The highest BCUT2D eigenvalue weighted by Gasteiger charge is 2.30. The SMILES string of the molecule is Cc1nn2c(C3CCCN(C(=O)OC(C)(C)C)C3)ccnc2c1C(=O)/C=C/N(C)C. The average molecular weight is 414 g/mol. The van der Waals surface area contributed by atoms with Gasteiger partial charge in [-0.3, -0.25) is 4.79 Å². The summed E-state index contributed by atoms with van der Waals surface area (Å²) in [5.74, 6) is -0.0313. The van der Waals surface area contributed by atoms with Crippen LogP contribution in [0.2, 0.25) is 0 Å². The third-order valence-corrected chi connectivity index (χ3v) is 4.98. The molecule has 0 saturated carbocycles. The van der Waals surface area contributed by atoms with Crippen LogP contribution in [0.25, 0.3) is 5.65 Å². The molecule has 0 bridgehead atoms. The van der Waals surface area contributed by atoms with E-state index in [0.29, 0.717) is 30.0 Å². The van der Waals surface area contributed by atoms with E-state index in [2.05, 4.69) is 10.1 Å². The second-order valence-corrected chi connectivity index (χ2v) is 8.97. The van der Waals surface area contributed by atoms with E-state index < -0.39 is 5.60 Å². The first-order valence-corrected chi connectivity index (χ1v) is 10.3. The number of hydrogen-bond acceptors (Lipinski definition) is 6. The Morgan fingerprint density at radius 1 is 1.30 bits per heavy atom. The molecule has 162 valence electrons. The van der Waals surface area contributed by atoms with Gasteiger partial charge in [-0.15, -0.1) is 0 Å². The molecule has 0 radical (unpaired) electrons. The highest BCUT2D eigenvalue weighted by atomic mass is 16.6. The van der Waals surface area contributed by atoms with Gasteiger partial charge >= 0.3 is 6.09 Å². The molecule has 0 spiro atoms. The summed E-state index contributed by atoms with van der Waals surface area (Å²) in [6.45, 7) is 8.66. The predicted octanol–water partition coefficient (Wildman–Crippen LogP) is 3.41. The monoisotopic (exact) mass is 413 g/mol. The fourth-order valence-electron chi connectivity index (χ4n) is 3.68. The summed E-state index contributed by atoms with van der Waals surface area (Å²) in [5.41, 5.74) is 2.13. The van der Waals surface area contributed by atoms with Crippen molar-refractivity contribution < 1.29 is 14.3 Å². The summed E-state index contributed by atoms with van der Waals surface area (Å²) in [4.78, 5) is 33.3. The Hall–Kier alpha value is -2.90. The van der Waals surface area contributed by atoms with Crippen LogP contribution in [0, 0.1) is 6.92 Å². The van der Waals surface area contributed by atoms with Crippen molar-refractivity contribution in [3.63, 3.8) is 0 Å². The van der Waals surface area contributed by atoms with Crippen molar-refractivity contribution in [2.24, 2.45) is 0 Å². The van der Waals surface area contributed by atoms with Crippen molar-refractivity contribution >= 4 is 17.5 Å². The summed E-state index contributed by atoms with van der Waals surface area (Å²) in [6.07, 6.45) is 6.48. The molecule has 0 N–H and O–H groups in total. The minimum absolute atomic E-state index is 0.0938. The maximum atomic E-state index is 12.7. The average Bonchev–Trinajstić information content (AvgIpc) is 3.00. The molecule has 1 unspecified atom stereocenters. The Labute approximate surface area is 177 Å². The number of piperidine rings is 1. The molecule has 2 aromatic rings. The molecule has 8 heteroatoms. The van der Waals surface area contributed by atoms with E-state index in [4.69, 9.17) is 4.74 Å². The molecule has 1 aliphatic rings. The number of nitrogens with zero attached hydrogens (tertiary/aromatic N) is 5. The van der Waals surface area contributed by atoms with Crippen LogP contribution in [0.1, 0.15) is 61.3 Å². The molecule has 3 heterocycles. The van der Waals surface area contributed by atoms with Gasteiger partial charge in [0.1, 0.15) is 5.60 Å². The summed E-state index contributed by atoms with van der Waals surface area (Å²) in [5, 5.41) is 4.62. The minimum atomic E-state index is -0.525. The van der Waals surface area contributed by atoms with Crippen LogP contribution in [-0.4, -0.2) is 69.1 Å². The van der Waals surface area contributed by atoms with Gasteiger partial charge in [-0.05, 0) is 46.6 Å². The number of ketones is 1. The van der Waals surface area contributed by atoms with Crippen molar-refractivity contribution in [3.8, 4) is 0 Å². The fourth-order valence-corrected chi connectivity index (χ4v) is 3.68. The molecule has 1 saturated heterocycles. The third-order valence-electron chi connectivity index (χ3n) is 4.98. The second kappa shape index (κ2) is 8.45. The lowest BCUT2D eigenvalue weighted by Gasteiger charge is -2.34. The quantitative estimate of drug-likeness (QED) is 0.564.